The van der Waals surface area contributed by atoms with Crippen molar-refractivity contribution in [2.75, 3.05) is 6.79 Å². The molecule has 140 valence electrons. The Hall–Kier alpha value is -4.21. The lowest BCUT2D eigenvalue weighted by Crippen LogP contribution is -2.18. The summed E-state index contributed by atoms with van der Waals surface area (Å²) >= 11 is 0. The molecular formula is C18H13N5O5. The normalized spacial score (nSPS) is 12.3. The lowest BCUT2D eigenvalue weighted by molar-refractivity contribution is -0.385. The maximum atomic E-state index is 12.2. The predicted molar refractivity (Wildman–Crippen MR) is 98.3 cm³/mol. The fourth-order valence-electron chi connectivity index (χ4n) is 2.62. The van der Waals surface area contributed by atoms with Crippen LogP contribution in [0.2, 0.25) is 0 Å². The van der Waals surface area contributed by atoms with Gasteiger partial charge >= 0.3 is 0 Å². The minimum Gasteiger partial charge on any atom is -0.454 e. The molecule has 1 aromatic heterocycles. The van der Waals surface area contributed by atoms with Gasteiger partial charge in [-0.05, 0) is 12.1 Å². The van der Waals surface area contributed by atoms with Crippen molar-refractivity contribution in [2.45, 2.75) is 0 Å². The molecule has 10 nitrogen and oxygen atoms in total. The third-order valence-corrected chi connectivity index (χ3v) is 3.98. The average Bonchev–Trinajstić information content (AvgIpc) is 3.37. The highest BCUT2D eigenvalue weighted by Crippen LogP contribution is 2.37. The van der Waals surface area contributed by atoms with Gasteiger partial charge in [-0.1, -0.05) is 30.3 Å². The topological polar surface area (TPSA) is 132 Å². The molecule has 2 aromatic carbocycles. The number of carbonyl (C=O) groups excluding carboxylic acids is 1. The summed E-state index contributed by atoms with van der Waals surface area (Å²) in [5, 5.41) is 21.7. The lowest BCUT2D eigenvalue weighted by atomic mass is 10.1. The quantitative estimate of drug-likeness (QED) is 0.398. The van der Waals surface area contributed by atoms with Crippen LogP contribution in [0.3, 0.4) is 0 Å². The van der Waals surface area contributed by atoms with Crippen molar-refractivity contribution in [3.05, 3.63) is 69.9 Å². The Morgan fingerprint density at radius 3 is 2.71 bits per heavy atom. The summed E-state index contributed by atoms with van der Waals surface area (Å²) in [4.78, 5) is 22.9. The van der Waals surface area contributed by atoms with Gasteiger partial charge in [-0.15, -0.1) is 0 Å². The summed E-state index contributed by atoms with van der Waals surface area (Å²) in [6.45, 7) is -0.00656. The fourth-order valence-corrected chi connectivity index (χ4v) is 2.62. The minimum atomic E-state index is -0.563. The van der Waals surface area contributed by atoms with Gasteiger partial charge in [0, 0.05) is 5.56 Å². The van der Waals surface area contributed by atoms with E-state index in [4.69, 9.17) is 9.47 Å². The molecule has 0 fully saturated rings. The molecule has 10 heteroatoms. The van der Waals surface area contributed by atoms with Crippen LogP contribution < -0.4 is 14.9 Å². The van der Waals surface area contributed by atoms with E-state index in [1.807, 2.05) is 30.3 Å². The van der Waals surface area contributed by atoms with Crippen molar-refractivity contribution >= 4 is 17.8 Å². The summed E-state index contributed by atoms with van der Waals surface area (Å²) in [7, 11) is 0. The number of amides is 1. The number of nitrogens with zero attached hydrogens (tertiary/aromatic N) is 3. The van der Waals surface area contributed by atoms with Gasteiger partial charge in [0.1, 0.15) is 5.69 Å². The van der Waals surface area contributed by atoms with E-state index in [1.54, 1.807) is 6.07 Å². The van der Waals surface area contributed by atoms with Gasteiger partial charge in [0.15, 0.2) is 11.5 Å². The number of nitrogens with one attached hydrogen (secondary N) is 2. The van der Waals surface area contributed by atoms with E-state index in [9.17, 15) is 14.9 Å². The van der Waals surface area contributed by atoms with Crippen LogP contribution >= 0.6 is 0 Å². The summed E-state index contributed by atoms with van der Waals surface area (Å²) < 4.78 is 10.3. The van der Waals surface area contributed by atoms with Crippen LogP contribution in [0.1, 0.15) is 16.1 Å². The zero-order valence-corrected chi connectivity index (χ0v) is 14.3. The van der Waals surface area contributed by atoms with Crippen molar-refractivity contribution in [1.82, 2.24) is 15.6 Å². The number of nitro benzene ring substituents is 1. The van der Waals surface area contributed by atoms with Crippen LogP contribution in [0.4, 0.5) is 5.69 Å². The molecule has 0 radical (unpaired) electrons. The number of hydrogen-bond acceptors (Lipinski definition) is 7. The van der Waals surface area contributed by atoms with Gasteiger partial charge in [0.05, 0.1) is 28.5 Å². The van der Waals surface area contributed by atoms with Crippen molar-refractivity contribution in [2.24, 2.45) is 5.10 Å². The first-order valence-corrected chi connectivity index (χ1v) is 8.14. The number of benzene rings is 2. The largest absolute Gasteiger partial charge is 0.454 e. The molecule has 0 saturated carbocycles. The van der Waals surface area contributed by atoms with Gasteiger partial charge in [-0.2, -0.15) is 10.2 Å². The van der Waals surface area contributed by atoms with Crippen LogP contribution in [-0.2, 0) is 0 Å². The van der Waals surface area contributed by atoms with Crippen LogP contribution in [0.15, 0.2) is 53.6 Å². The molecule has 2 N–H and O–H groups in total. The van der Waals surface area contributed by atoms with Crippen LogP contribution in [0.5, 0.6) is 11.5 Å². The number of ether oxygens (including phenoxy) is 2. The molecule has 3 aromatic rings. The van der Waals surface area contributed by atoms with Gasteiger partial charge in [-0.25, -0.2) is 5.43 Å². The monoisotopic (exact) mass is 379 g/mol. The molecule has 0 atom stereocenters. The first-order chi connectivity index (χ1) is 13.6. The molecule has 28 heavy (non-hydrogen) atoms. The van der Waals surface area contributed by atoms with Gasteiger partial charge in [0.25, 0.3) is 11.6 Å². The van der Waals surface area contributed by atoms with E-state index in [2.05, 4.69) is 20.7 Å². The van der Waals surface area contributed by atoms with Crippen molar-refractivity contribution < 1.29 is 19.2 Å². The maximum Gasteiger partial charge on any atom is 0.289 e. The molecule has 0 aliphatic carbocycles. The van der Waals surface area contributed by atoms with Crippen molar-refractivity contribution in [3.63, 3.8) is 0 Å². The highest BCUT2D eigenvalue weighted by Gasteiger charge is 2.22. The zero-order valence-electron chi connectivity index (χ0n) is 14.3. The Bertz CT molecular complexity index is 1080. The molecule has 2 heterocycles. The predicted octanol–water partition coefficient (Wildman–Crippen LogP) is 2.48. The SMILES string of the molecule is O=C(N/N=C/c1cc2c(cc1[N+](=O)[O-])OCO2)c1cc(-c2ccccc2)n[nH]1. The summed E-state index contributed by atoms with van der Waals surface area (Å²) in [6, 6.07) is 13.6. The average molecular weight is 379 g/mol. The molecule has 1 aliphatic heterocycles. The Balaban J connectivity index is 1.49. The van der Waals surface area contributed by atoms with Crippen LogP contribution in [-0.4, -0.2) is 34.0 Å². The number of aromatic amines is 1. The molecule has 0 bridgehead atoms. The van der Waals surface area contributed by atoms with Gasteiger partial charge < -0.3 is 9.47 Å². The van der Waals surface area contributed by atoms with Gasteiger partial charge in [-0.3, -0.25) is 20.0 Å². The smallest absolute Gasteiger partial charge is 0.289 e. The molecule has 0 unspecified atom stereocenters. The summed E-state index contributed by atoms with van der Waals surface area (Å²) in [5.74, 6) is 0.132. The van der Waals surface area contributed by atoms with Crippen molar-refractivity contribution in [3.8, 4) is 22.8 Å². The second kappa shape index (κ2) is 7.19. The van der Waals surface area contributed by atoms with E-state index in [-0.39, 0.29) is 23.7 Å². The Kier molecular flexibility index (Phi) is 4.42. The highest BCUT2D eigenvalue weighted by atomic mass is 16.7. The first kappa shape index (κ1) is 17.2. The first-order valence-electron chi connectivity index (χ1n) is 8.14. The number of carbonyl (C=O) groups is 1. The number of hydrazone groups is 1. The molecule has 1 aliphatic rings. The van der Waals surface area contributed by atoms with E-state index in [0.717, 1.165) is 5.56 Å². The molecular weight excluding hydrogens is 366 g/mol. The summed E-state index contributed by atoms with van der Waals surface area (Å²) in [5.41, 5.74) is 3.94. The van der Waals surface area contributed by atoms with Gasteiger partial charge in [0.2, 0.25) is 6.79 Å². The molecule has 1 amide bonds. The maximum absolute atomic E-state index is 12.2. The van der Waals surface area contributed by atoms with E-state index in [1.165, 1.54) is 18.3 Å². The zero-order chi connectivity index (χ0) is 19.5. The standard InChI is InChI=1S/C18H13N5O5/c24-18(14-7-13(20-21-14)11-4-2-1-3-5-11)22-19-9-12-6-16-17(28-10-27-16)8-15(12)23(25)26/h1-9H,10H2,(H,20,21)(H,22,24)/b19-9+. The number of H-pyrrole nitrogens is 1. The number of aromatic nitrogens is 2. The van der Waals surface area contributed by atoms with E-state index in [0.29, 0.717) is 17.2 Å². The molecule has 0 saturated heterocycles. The third kappa shape index (κ3) is 3.38. The number of rotatable bonds is 5. The fraction of sp³-hybridized carbons (Fsp3) is 0.0556. The Labute approximate surface area is 157 Å². The lowest BCUT2D eigenvalue weighted by Gasteiger charge is -2.01. The second-order valence-electron chi connectivity index (χ2n) is 5.75. The Morgan fingerprint density at radius 1 is 1.21 bits per heavy atom. The van der Waals surface area contributed by atoms with E-state index >= 15 is 0 Å². The second-order valence-corrected chi connectivity index (χ2v) is 5.75. The van der Waals surface area contributed by atoms with E-state index < -0.39 is 10.8 Å². The minimum absolute atomic E-state index is 0.00656. The number of nitro groups is 1. The number of hydrogen-bond donors (Lipinski definition) is 2. The highest BCUT2D eigenvalue weighted by molar-refractivity contribution is 5.94. The summed E-state index contributed by atoms with van der Waals surface area (Å²) in [6.07, 6.45) is 1.17. The Morgan fingerprint density at radius 2 is 1.96 bits per heavy atom. The molecule has 0 spiro atoms. The molecule has 4 rings (SSSR count). The van der Waals surface area contributed by atoms with Crippen LogP contribution in [0, 0.1) is 10.1 Å². The van der Waals surface area contributed by atoms with Crippen molar-refractivity contribution in [1.29, 1.82) is 0 Å². The van der Waals surface area contributed by atoms with Crippen LogP contribution in [0.25, 0.3) is 11.3 Å². The number of fused-ring (bicyclic) bond motifs is 1. The third-order valence-electron chi connectivity index (χ3n) is 3.98.